The second kappa shape index (κ2) is 12.2. The van der Waals surface area contributed by atoms with Crippen molar-refractivity contribution in [2.45, 2.75) is 25.7 Å². The molecule has 0 aliphatic heterocycles. The highest BCUT2D eigenvalue weighted by atomic mass is 79.9. The second-order valence-electron chi connectivity index (χ2n) is 5.68. The molecule has 6 nitrogen and oxygen atoms in total. The number of pyridine rings is 1. The fourth-order valence-corrected chi connectivity index (χ4v) is 2.59. The summed E-state index contributed by atoms with van der Waals surface area (Å²) < 4.78 is 6.41. The van der Waals surface area contributed by atoms with Crippen molar-refractivity contribution in [1.29, 1.82) is 5.26 Å². The molecule has 0 aliphatic rings. The molecule has 0 radical (unpaired) electrons. The molecule has 0 bridgehead atoms. The van der Waals surface area contributed by atoms with Crippen LogP contribution in [-0.4, -0.2) is 24.1 Å². The summed E-state index contributed by atoms with van der Waals surface area (Å²) in [5, 5.41) is 15.1. The van der Waals surface area contributed by atoms with Gasteiger partial charge in [-0.25, -0.2) is 4.98 Å². The van der Waals surface area contributed by atoms with Crippen molar-refractivity contribution >= 4 is 39.2 Å². The first-order chi connectivity index (χ1) is 13.2. The summed E-state index contributed by atoms with van der Waals surface area (Å²) in [5.41, 5.74) is 0.763. The van der Waals surface area contributed by atoms with Crippen molar-refractivity contribution in [1.82, 2.24) is 10.3 Å². The molecular formula is C19H21BrClN5O. The van der Waals surface area contributed by atoms with Crippen molar-refractivity contribution in [2.24, 2.45) is 4.99 Å². The maximum atomic E-state index is 8.84. The van der Waals surface area contributed by atoms with Crippen LogP contribution in [0.1, 0.15) is 25.7 Å². The first-order valence-corrected chi connectivity index (χ1v) is 9.81. The zero-order chi connectivity index (χ0) is 19.3. The van der Waals surface area contributed by atoms with Gasteiger partial charge in [0, 0.05) is 11.6 Å². The van der Waals surface area contributed by atoms with Gasteiger partial charge in [-0.1, -0.05) is 18.0 Å². The number of unbranched alkanes of at least 4 members (excludes halogenated alkanes) is 3. The SMILES string of the molecule is N#CNC(=NCCCCCCOc1ccc(Cl)cc1)Nc1ccc(Br)nc1. The van der Waals surface area contributed by atoms with Crippen molar-refractivity contribution in [2.75, 3.05) is 18.5 Å². The first kappa shape index (κ1) is 21.0. The Kier molecular flexibility index (Phi) is 9.45. The molecule has 0 atom stereocenters. The van der Waals surface area contributed by atoms with Crippen molar-refractivity contribution < 1.29 is 4.74 Å². The fraction of sp³-hybridized carbons (Fsp3) is 0.316. The molecule has 0 saturated heterocycles. The van der Waals surface area contributed by atoms with Gasteiger partial charge in [-0.3, -0.25) is 10.3 Å². The Labute approximate surface area is 172 Å². The standard InChI is InChI=1S/C19H21BrClN5O/c20-18-10-7-16(13-24-18)26-19(25-14-22)23-11-3-1-2-4-12-27-17-8-5-15(21)6-9-17/h5-10,13H,1-4,11-12H2,(H2,23,25,26). The van der Waals surface area contributed by atoms with E-state index in [9.17, 15) is 0 Å². The van der Waals surface area contributed by atoms with Gasteiger partial charge in [0.25, 0.3) is 0 Å². The van der Waals surface area contributed by atoms with Crippen LogP contribution in [0.2, 0.25) is 5.02 Å². The molecule has 2 rings (SSSR count). The van der Waals surface area contributed by atoms with Gasteiger partial charge >= 0.3 is 0 Å². The molecule has 0 saturated carbocycles. The lowest BCUT2D eigenvalue weighted by atomic mass is 10.2. The summed E-state index contributed by atoms with van der Waals surface area (Å²) >= 11 is 9.12. The van der Waals surface area contributed by atoms with E-state index in [1.165, 1.54) is 0 Å². The van der Waals surface area contributed by atoms with E-state index in [1.807, 2.05) is 42.6 Å². The Morgan fingerprint density at radius 2 is 1.93 bits per heavy atom. The fourth-order valence-electron chi connectivity index (χ4n) is 2.23. The number of hydrogen-bond donors (Lipinski definition) is 2. The maximum absolute atomic E-state index is 8.84. The van der Waals surface area contributed by atoms with Crippen molar-refractivity contribution in [3.05, 3.63) is 52.2 Å². The number of ether oxygens (including phenoxy) is 1. The van der Waals surface area contributed by atoms with Crippen LogP contribution in [0.3, 0.4) is 0 Å². The molecule has 0 amide bonds. The van der Waals surface area contributed by atoms with Gasteiger partial charge in [0.05, 0.1) is 18.5 Å². The highest BCUT2D eigenvalue weighted by Crippen LogP contribution is 2.16. The summed E-state index contributed by atoms with van der Waals surface area (Å²) in [4.78, 5) is 8.52. The van der Waals surface area contributed by atoms with Gasteiger partial charge in [0.1, 0.15) is 10.4 Å². The number of nitrogens with one attached hydrogen (secondary N) is 2. The third kappa shape index (κ3) is 8.76. The summed E-state index contributed by atoms with van der Waals surface area (Å²) in [6.45, 7) is 1.32. The van der Waals surface area contributed by atoms with Crippen LogP contribution >= 0.6 is 27.5 Å². The Morgan fingerprint density at radius 3 is 2.63 bits per heavy atom. The highest BCUT2D eigenvalue weighted by molar-refractivity contribution is 9.10. The normalized spacial score (nSPS) is 10.9. The predicted octanol–water partition coefficient (Wildman–Crippen LogP) is 4.98. The lowest BCUT2D eigenvalue weighted by Gasteiger charge is -2.08. The molecule has 1 heterocycles. The van der Waals surface area contributed by atoms with Gasteiger partial charge in [-0.15, -0.1) is 0 Å². The van der Waals surface area contributed by atoms with Gasteiger partial charge in [-0.05, 0) is 71.6 Å². The largest absolute Gasteiger partial charge is 0.494 e. The van der Waals surface area contributed by atoms with Crippen LogP contribution in [0.4, 0.5) is 5.69 Å². The van der Waals surface area contributed by atoms with E-state index in [0.29, 0.717) is 24.1 Å². The van der Waals surface area contributed by atoms with E-state index in [4.69, 9.17) is 21.6 Å². The molecule has 2 aromatic rings. The van der Waals surface area contributed by atoms with Gasteiger partial charge in [0.15, 0.2) is 6.19 Å². The average molecular weight is 451 g/mol. The van der Waals surface area contributed by atoms with Crippen LogP contribution in [-0.2, 0) is 0 Å². The molecule has 0 fully saturated rings. The lowest BCUT2D eigenvalue weighted by molar-refractivity contribution is 0.305. The Morgan fingerprint density at radius 1 is 1.15 bits per heavy atom. The second-order valence-corrected chi connectivity index (χ2v) is 6.93. The number of nitriles is 1. The smallest absolute Gasteiger partial charge is 0.209 e. The summed E-state index contributed by atoms with van der Waals surface area (Å²) in [5.74, 6) is 1.26. The van der Waals surface area contributed by atoms with Crippen molar-refractivity contribution in [3.8, 4) is 11.9 Å². The van der Waals surface area contributed by atoms with Gasteiger partial charge < -0.3 is 10.1 Å². The summed E-state index contributed by atoms with van der Waals surface area (Å²) in [6.07, 6.45) is 7.59. The highest BCUT2D eigenvalue weighted by Gasteiger charge is 2.00. The first-order valence-electron chi connectivity index (χ1n) is 8.64. The van der Waals surface area contributed by atoms with Crippen LogP contribution < -0.4 is 15.4 Å². The molecule has 0 spiro atoms. The number of hydrogen-bond acceptors (Lipinski definition) is 4. The quantitative estimate of drug-likeness (QED) is 0.141. The van der Waals surface area contributed by atoms with Crippen LogP contribution in [0.25, 0.3) is 0 Å². The number of rotatable bonds is 9. The molecule has 0 unspecified atom stereocenters. The zero-order valence-corrected chi connectivity index (χ0v) is 17.1. The Hall–Kier alpha value is -2.30. The van der Waals surface area contributed by atoms with E-state index in [2.05, 4.69) is 36.5 Å². The number of aliphatic imine (C=N–C) groups is 1. The van der Waals surface area contributed by atoms with Gasteiger partial charge in [0.2, 0.25) is 5.96 Å². The van der Waals surface area contributed by atoms with E-state index < -0.39 is 0 Å². The van der Waals surface area contributed by atoms with E-state index in [1.54, 1.807) is 6.20 Å². The monoisotopic (exact) mass is 449 g/mol. The van der Waals surface area contributed by atoms with E-state index >= 15 is 0 Å². The maximum Gasteiger partial charge on any atom is 0.209 e. The van der Waals surface area contributed by atoms with E-state index in [0.717, 1.165) is 41.7 Å². The molecule has 27 heavy (non-hydrogen) atoms. The number of guanidine groups is 1. The third-order valence-corrected chi connectivity index (χ3v) is 4.29. The minimum absolute atomic E-state index is 0.424. The minimum Gasteiger partial charge on any atom is -0.494 e. The minimum atomic E-state index is 0.424. The van der Waals surface area contributed by atoms with Crippen molar-refractivity contribution in [3.63, 3.8) is 0 Å². The van der Waals surface area contributed by atoms with Crippen LogP contribution in [0.15, 0.2) is 52.2 Å². The topological polar surface area (TPSA) is 82.3 Å². The Bertz CT molecular complexity index is 759. The molecule has 0 aliphatic carbocycles. The molecular weight excluding hydrogens is 430 g/mol. The number of anilines is 1. The van der Waals surface area contributed by atoms with Crippen LogP contribution in [0, 0.1) is 11.5 Å². The predicted molar refractivity (Wildman–Crippen MR) is 112 cm³/mol. The number of aromatic nitrogens is 1. The molecule has 142 valence electrons. The molecule has 1 aromatic heterocycles. The Balaban J connectivity index is 1.61. The third-order valence-electron chi connectivity index (χ3n) is 3.57. The molecule has 8 heteroatoms. The number of nitrogens with zero attached hydrogens (tertiary/aromatic N) is 3. The number of halogens is 2. The van der Waals surface area contributed by atoms with Gasteiger partial charge in [-0.2, -0.15) is 5.26 Å². The van der Waals surface area contributed by atoms with E-state index in [-0.39, 0.29) is 0 Å². The molecule has 2 N–H and O–H groups in total. The number of benzene rings is 1. The molecule has 1 aromatic carbocycles. The van der Waals surface area contributed by atoms with Crippen LogP contribution in [0.5, 0.6) is 5.75 Å². The zero-order valence-electron chi connectivity index (χ0n) is 14.8. The summed E-state index contributed by atoms with van der Waals surface area (Å²) in [7, 11) is 0. The lowest BCUT2D eigenvalue weighted by Crippen LogP contribution is -2.27. The summed E-state index contributed by atoms with van der Waals surface area (Å²) in [6, 6.07) is 11.1. The average Bonchev–Trinajstić information content (AvgIpc) is 2.67.